The van der Waals surface area contributed by atoms with Gasteiger partial charge in [-0.05, 0) is 81.8 Å². The van der Waals surface area contributed by atoms with Crippen LogP contribution in [-0.2, 0) is 0 Å². The standard InChI is InChI=1S/C17H29NS/c1-12-6-7-14(11-18-17(3,4)5)16(10-12)15-8-9-19-13(15)2/h8-9,12,14,16,18H,6-7,10-11H2,1-5H3. The van der Waals surface area contributed by atoms with E-state index in [1.54, 1.807) is 5.56 Å². The van der Waals surface area contributed by atoms with Crippen molar-refractivity contribution in [1.29, 1.82) is 0 Å². The maximum absolute atomic E-state index is 3.72. The van der Waals surface area contributed by atoms with Crippen LogP contribution >= 0.6 is 11.3 Å². The minimum atomic E-state index is 0.233. The molecule has 2 rings (SSSR count). The lowest BCUT2D eigenvalue weighted by Crippen LogP contribution is -2.41. The molecule has 1 aromatic rings. The Morgan fingerprint density at radius 3 is 2.63 bits per heavy atom. The van der Waals surface area contributed by atoms with Crippen LogP contribution in [-0.4, -0.2) is 12.1 Å². The van der Waals surface area contributed by atoms with Crippen LogP contribution < -0.4 is 5.32 Å². The summed E-state index contributed by atoms with van der Waals surface area (Å²) in [7, 11) is 0. The van der Waals surface area contributed by atoms with Gasteiger partial charge < -0.3 is 5.32 Å². The van der Waals surface area contributed by atoms with E-state index in [-0.39, 0.29) is 5.54 Å². The molecule has 0 bridgehead atoms. The SMILES string of the molecule is Cc1sccc1C1CC(C)CCC1CNC(C)(C)C. The van der Waals surface area contributed by atoms with Gasteiger partial charge in [-0.15, -0.1) is 11.3 Å². The second-order valence-corrected chi connectivity index (χ2v) is 8.47. The van der Waals surface area contributed by atoms with Gasteiger partial charge in [-0.2, -0.15) is 0 Å². The highest BCUT2D eigenvalue weighted by atomic mass is 32.1. The minimum absolute atomic E-state index is 0.233. The molecule has 2 heteroatoms. The van der Waals surface area contributed by atoms with Crippen molar-refractivity contribution in [2.75, 3.05) is 6.54 Å². The number of hydrogen-bond acceptors (Lipinski definition) is 2. The zero-order valence-electron chi connectivity index (χ0n) is 13.1. The molecule has 1 heterocycles. The molecule has 0 aliphatic heterocycles. The van der Waals surface area contributed by atoms with Gasteiger partial charge in [-0.25, -0.2) is 0 Å². The van der Waals surface area contributed by atoms with Crippen molar-refractivity contribution >= 4 is 11.3 Å². The highest BCUT2D eigenvalue weighted by Crippen LogP contribution is 2.42. The van der Waals surface area contributed by atoms with E-state index in [1.165, 1.54) is 24.1 Å². The van der Waals surface area contributed by atoms with Gasteiger partial charge in [0, 0.05) is 10.4 Å². The van der Waals surface area contributed by atoms with Gasteiger partial charge in [-0.3, -0.25) is 0 Å². The Bertz CT molecular complexity index is 402. The van der Waals surface area contributed by atoms with Crippen molar-refractivity contribution in [2.24, 2.45) is 11.8 Å². The number of hydrogen-bond donors (Lipinski definition) is 1. The molecule has 0 radical (unpaired) electrons. The van der Waals surface area contributed by atoms with Crippen LogP contribution in [0.15, 0.2) is 11.4 Å². The van der Waals surface area contributed by atoms with Crippen LogP contribution in [0.4, 0.5) is 0 Å². The molecule has 0 spiro atoms. The smallest absolute Gasteiger partial charge is 0.00966 e. The van der Waals surface area contributed by atoms with Gasteiger partial charge in [0.05, 0.1) is 0 Å². The van der Waals surface area contributed by atoms with Gasteiger partial charge >= 0.3 is 0 Å². The largest absolute Gasteiger partial charge is 0.312 e. The van der Waals surface area contributed by atoms with Gasteiger partial charge in [0.15, 0.2) is 0 Å². The maximum atomic E-state index is 3.72. The summed E-state index contributed by atoms with van der Waals surface area (Å²) in [4.78, 5) is 1.53. The molecule has 1 fully saturated rings. The molecule has 1 nitrogen and oxygen atoms in total. The van der Waals surface area contributed by atoms with Crippen LogP contribution in [0, 0.1) is 18.8 Å². The zero-order valence-corrected chi connectivity index (χ0v) is 13.9. The lowest BCUT2D eigenvalue weighted by atomic mass is 9.71. The molecule has 3 atom stereocenters. The Balaban J connectivity index is 2.09. The van der Waals surface area contributed by atoms with Crippen molar-refractivity contribution < 1.29 is 0 Å². The van der Waals surface area contributed by atoms with Gasteiger partial charge in [-0.1, -0.05) is 13.3 Å². The van der Waals surface area contributed by atoms with Crippen LogP contribution in [0.3, 0.4) is 0 Å². The highest BCUT2D eigenvalue weighted by Gasteiger charge is 2.31. The first kappa shape index (κ1) is 15.1. The van der Waals surface area contributed by atoms with Crippen LogP contribution in [0.1, 0.15) is 63.3 Å². The summed E-state index contributed by atoms with van der Waals surface area (Å²) in [6.07, 6.45) is 4.15. The fraction of sp³-hybridized carbons (Fsp3) is 0.765. The van der Waals surface area contributed by atoms with E-state index in [0.717, 1.165) is 24.3 Å². The molecule has 3 unspecified atom stereocenters. The topological polar surface area (TPSA) is 12.0 Å². The van der Waals surface area contributed by atoms with E-state index in [4.69, 9.17) is 0 Å². The molecule has 1 aliphatic carbocycles. The van der Waals surface area contributed by atoms with E-state index in [0.29, 0.717) is 0 Å². The number of aryl methyl sites for hydroxylation is 1. The molecule has 1 aliphatic rings. The fourth-order valence-corrected chi connectivity index (χ4v) is 4.06. The number of thiophene rings is 1. The summed E-state index contributed by atoms with van der Waals surface area (Å²) >= 11 is 1.90. The molecular formula is C17H29NS. The molecular weight excluding hydrogens is 250 g/mol. The normalized spacial score (nSPS) is 28.6. The van der Waals surface area contributed by atoms with Crippen molar-refractivity contribution in [3.8, 4) is 0 Å². The Hall–Kier alpha value is -0.340. The second kappa shape index (κ2) is 5.97. The first-order chi connectivity index (χ1) is 8.87. The van der Waals surface area contributed by atoms with Crippen molar-refractivity contribution in [2.45, 2.75) is 65.3 Å². The summed E-state index contributed by atoms with van der Waals surface area (Å²) in [5.74, 6) is 2.46. The molecule has 0 amide bonds. The second-order valence-electron chi connectivity index (χ2n) is 7.35. The van der Waals surface area contributed by atoms with Crippen LogP contribution in [0.2, 0.25) is 0 Å². The summed E-state index contributed by atoms with van der Waals surface area (Å²) in [5.41, 5.74) is 1.86. The summed E-state index contributed by atoms with van der Waals surface area (Å²) in [5, 5.41) is 5.98. The average Bonchev–Trinajstić information content (AvgIpc) is 2.72. The lowest BCUT2D eigenvalue weighted by molar-refractivity contribution is 0.227. The number of rotatable bonds is 3. The summed E-state index contributed by atoms with van der Waals surface area (Å²) in [6, 6.07) is 2.37. The fourth-order valence-electron chi connectivity index (χ4n) is 3.29. The third-order valence-corrected chi connectivity index (χ3v) is 5.31. The molecule has 1 N–H and O–H groups in total. The van der Waals surface area contributed by atoms with Crippen molar-refractivity contribution in [3.05, 3.63) is 21.9 Å². The van der Waals surface area contributed by atoms with E-state index >= 15 is 0 Å². The predicted molar refractivity (Wildman–Crippen MR) is 86.1 cm³/mol. The van der Waals surface area contributed by atoms with E-state index < -0.39 is 0 Å². The Labute approximate surface area is 122 Å². The third kappa shape index (κ3) is 4.06. The van der Waals surface area contributed by atoms with Crippen molar-refractivity contribution in [3.63, 3.8) is 0 Å². The predicted octanol–water partition coefficient (Wildman–Crippen LogP) is 4.96. The van der Waals surface area contributed by atoms with E-state index in [2.05, 4.69) is 51.4 Å². The monoisotopic (exact) mass is 279 g/mol. The molecule has 0 saturated heterocycles. The summed E-state index contributed by atoms with van der Waals surface area (Å²) in [6.45, 7) is 12.7. The average molecular weight is 279 g/mol. The quantitative estimate of drug-likeness (QED) is 0.824. The maximum Gasteiger partial charge on any atom is 0.00966 e. The number of nitrogens with one attached hydrogen (secondary N) is 1. The molecule has 19 heavy (non-hydrogen) atoms. The molecule has 1 saturated carbocycles. The zero-order chi connectivity index (χ0) is 14.0. The van der Waals surface area contributed by atoms with Crippen LogP contribution in [0.25, 0.3) is 0 Å². The molecule has 1 aromatic heterocycles. The Morgan fingerprint density at radius 1 is 1.32 bits per heavy atom. The first-order valence-electron chi connectivity index (χ1n) is 7.66. The van der Waals surface area contributed by atoms with Gasteiger partial charge in [0.2, 0.25) is 0 Å². The Morgan fingerprint density at radius 2 is 2.05 bits per heavy atom. The summed E-state index contributed by atoms with van der Waals surface area (Å²) < 4.78 is 0. The third-order valence-electron chi connectivity index (χ3n) is 4.45. The van der Waals surface area contributed by atoms with Crippen molar-refractivity contribution in [1.82, 2.24) is 5.32 Å². The molecule has 0 aromatic carbocycles. The lowest BCUT2D eigenvalue weighted by Gasteiger charge is -2.37. The Kier molecular flexibility index (Phi) is 4.73. The van der Waals surface area contributed by atoms with E-state index in [9.17, 15) is 0 Å². The van der Waals surface area contributed by atoms with Gasteiger partial charge in [0.1, 0.15) is 0 Å². The highest BCUT2D eigenvalue weighted by molar-refractivity contribution is 7.10. The van der Waals surface area contributed by atoms with Crippen LogP contribution in [0.5, 0.6) is 0 Å². The van der Waals surface area contributed by atoms with Gasteiger partial charge in [0.25, 0.3) is 0 Å². The van der Waals surface area contributed by atoms with E-state index in [1.807, 2.05) is 11.3 Å². The molecule has 108 valence electrons. The minimum Gasteiger partial charge on any atom is -0.312 e. The first-order valence-corrected chi connectivity index (χ1v) is 8.54.